The molecule has 1 saturated heterocycles. The maximum Gasteiger partial charge on any atom is 0.253 e. The van der Waals surface area contributed by atoms with Gasteiger partial charge in [0.25, 0.3) is 5.91 Å². The van der Waals surface area contributed by atoms with Crippen LogP contribution in [0.15, 0.2) is 24.3 Å². The number of rotatable bonds is 6. The molecule has 1 fully saturated rings. The van der Waals surface area contributed by atoms with E-state index in [9.17, 15) is 14.4 Å². The van der Waals surface area contributed by atoms with Crippen LogP contribution in [0.5, 0.6) is 0 Å². The number of piperidine rings is 1. The summed E-state index contributed by atoms with van der Waals surface area (Å²) in [4.78, 5) is 40.7. The molecule has 0 spiro atoms. The van der Waals surface area contributed by atoms with Gasteiger partial charge in [0.1, 0.15) is 0 Å². The zero-order valence-electron chi connectivity index (χ0n) is 16.8. The van der Waals surface area contributed by atoms with Crippen LogP contribution in [0.1, 0.15) is 50.9 Å². The number of likely N-dealkylation sites (tertiary alicyclic amines) is 1. The van der Waals surface area contributed by atoms with Crippen molar-refractivity contribution < 1.29 is 14.4 Å². The van der Waals surface area contributed by atoms with Gasteiger partial charge in [-0.2, -0.15) is 0 Å². The number of nitrogens with one attached hydrogen (secondary N) is 1. The van der Waals surface area contributed by atoms with Crippen LogP contribution < -0.4 is 5.32 Å². The number of nitrogens with zero attached hydrogens (tertiary/aromatic N) is 2. The molecule has 1 aromatic carbocycles. The van der Waals surface area contributed by atoms with Gasteiger partial charge < -0.3 is 15.1 Å². The maximum atomic E-state index is 12.6. The SMILES string of the molecule is CCN(CC)C(=O)c1cccc(NC(=O)C2CCN(C(=O)C(C)C)CC2)c1. The van der Waals surface area contributed by atoms with Crippen LogP contribution in [0.3, 0.4) is 0 Å². The van der Waals surface area contributed by atoms with Crippen molar-refractivity contribution in [2.45, 2.75) is 40.5 Å². The Morgan fingerprint density at radius 1 is 1.15 bits per heavy atom. The number of carbonyl (C=O) groups excluding carboxylic acids is 3. The molecule has 0 aliphatic carbocycles. The smallest absolute Gasteiger partial charge is 0.253 e. The zero-order valence-corrected chi connectivity index (χ0v) is 16.8. The molecule has 0 radical (unpaired) electrons. The Hall–Kier alpha value is -2.37. The van der Waals surface area contributed by atoms with E-state index in [1.165, 1.54) is 0 Å². The molecule has 0 saturated carbocycles. The van der Waals surface area contributed by atoms with Gasteiger partial charge in [0, 0.05) is 49.3 Å². The molecule has 0 atom stereocenters. The van der Waals surface area contributed by atoms with Gasteiger partial charge in [-0.15, -0.1) is 0 Å². The highest BCUT2D eigenvalue weighted by Gasteiger charge is 2.28. The van der Waals surface area contributed by atoms with Crippen LogP contribution in [0.2, 0.25) is 0 Å². The van der Waals surface area contributed by atoms with Crippen molar-refractivity contribution in [2.24, 2.45) is 11.8 Å². The highest BCUT2D eigenvalue weighted by atomic mass is 16.2. The first-order valence-electron chi connectivity index (χ1n) is 9.86. The Morgan fingerprint density at radius 3 is 2.33 bits per heavy atom. The number of carbonyl (C=O) groups is 3. The van der Waals surface area contributed by atoms with Crippen molar-refractivity contribution in [1.82, 2.24) is 9.80 Å². The van der Waals surface area contributed by atoms with Gasteiger partial charge in [0.2, 0.25) is 11.8 Å². The average Bonchev–Trinajstić information content (AvgIpc) is 2.68. The van der Waals surface area contributed by atoms with Gasteiger partial charge in [-0.3, -0.25) is 14.4 Å². The number of hydrogen-bond acceptors (Lipinski definition) is 3. The van der Waals surface area contributed by atoms with E-state index in [4.69, 9.17) is 0 Å². The van der Waals surface area contributed by atoms with Crippen LogP contribution in [0.25, 0.3) is 0 Å². The Kier molecular flexibility index (Phi) is 7.39. The van der Waals surface area contributed by atoms with E-state index in [0.717, 1.165) is 0 Å². The van der Waals surface area contributed by atoms with Crippen molar-refractivity contribution in [3.8, 4) is 0 Å². The van der Waals surface area contributed by atoms with Gasteiger partial charge in [-0.05, 0) is 44.9 Å². The predicted molar refractivity (Wildman–Crippen MR) is 106 cm³/mol. The van der Waals surface area contributed by atoms with Crippen molar-refractivity contribution in [1.29, 1.82) is 0 Å². The minimum Gasteiger partial charge on any atom is -0.342 e. The van der Waals surface area contributed by atoms with Crippen LogP contribution in [-0.4, -0.2) is 53.7 Å². The summed E-state index contributed by atoms with van der Waals surface area (Å²) in [6, 6.07) is 7.09. The molecule has 6 nitrogen and oxygen atoms in total. The van der Waals surface area contributed by atoms with Crippen molar-refractivity contribution in [3.05, 3.63) is 29.8 Å². The summed E-state index contributed by atoms with van der Waals surface area (Å²) in [5.41, 5.74) is 1.22. The second kappa shape index (κ2) is 9.53. The molecular formula is C21H31N3O3. The van der Waals surface area contributed by atoms with Gasteiger partial charge >= 0.3 is 0 Å². The second-order valence-corrected chi connectivity index (χ2v) is 7.30. The third kappa shape index (κ3) is 5.31. The van der Waals surface area contributed by atoms with Crippen molar-refractivity contribution in [2.75, 3.05) is 31.5 Å². The number of hydrogen-bond donors (Lipinski definition) is 1. The molecule has 0 unspecified atom stereocenters. The zero-order chi connectivity index (χ0) is 20.0. The standard InChI is InChI=1S/C21H31N3O3/c1-5-23(6-2)21(27)17-8-7-9-18(14-17)22-19(25)16-10-12-24(13-11-16)20(26)15(3)4/h7-9,14-16H,5-6,10-13H2,1-4H3,(H,22,25). The predicted octanol–water partition coefficient (Wildman–Crippen LogP) is 3.00. The van der Waals surface area contributed by atoms with E-state index in [2.05, 4.69) is 5.32 Å². The van der Waals surface area contributed by atoms with Crippen LogP contribution in [0, 0.1) is 11.8 Å². The monoisotopic (exact) mass is 373 g/mol. The van der Waals surface area contributed by atoms with E-state index in [0.29, 0.717) is 50.3 Å². The lowest BCUT2D eigenvalue weighted by Crippen LogP contribution is -2.43. The first-order valence-corrected chi connectivity index (χ1v) is 9.86. The minimum atomic E-state index is -0.108. The molecule has 1 N–H and O–H groups in total. The van der Waals surface area contributed by atoms with E-state index < -0.39 is 0 Å². The van der Waals surface area contributed by atoms with E-state index in [1.807, 2.05) is 32.6 Å². The molecule has 1 heterocycles. The normalized spacial score (nSPS) is 14.9. The summed E-state index contributed by atoms with van der Waals surface area (Å²) in [7, 11) is 0. The third-order valence-corrected chi connectivity index (χ3v) is 5.10. The molecule has 0 bridgehead atoms. The van der Waals surface area contributed by atoms with Crippen LogP contribution >= 0.6 is 0 Å². The summed E-state index contributed by atoms with van der Waals surface area (Å²) in [5, 5.41) is 2.94. The Morgan fingerprint density at radius 2 is 1.78 bits per heavy atom. The highest BCUT2D eigenvalue weighted by molar-refractivity contribution is 5.97. The Labute approximate surface area is 161 Å². The largest absolute Gasteiger partial charge is 0.342 e. The topological polar surface area (TPSA) is 69.7 Å². The van der Waals surface area contributed by atoms with Crippen molar-refractivity contribution >= 4 is 23.4 Å². The second-order valence-electron chi connectivity index (χ2n) is 7.30. The quantitative estimate of drug-likeness (QED) is 0.833. The highest BCUT2D eigenvalue weighted by Crippen LogP contribution is 2.21. The molecular weight excluding hydrogens is 342 g/mol. The lowest BCUT2D eigenvalue weighted by Gasteiger charge is -2.32. The third-order valence-electron chi connectivity index (χ3n) is 5.10. The molecule has 2 rings (SSSR count). The van der Waals surface area contributed by atoms with E-state index in [1.54, 1.807) is 29.2 Å². The summed E-state index contributed by atoms with van der Waals surface area (Å²) >= 11 is 0. The molecule has 1 aliphatic rings. The van der Waals surface area contributed by atoms with E-state index in [-0.39, 0.29) is 29.6 Å². The van der Waals surface area contributed by atoms with Gasteiger partial charge in [-0.1, -0.05) is 19.9 Å². The molecule has 27 heavy (non-hydrogen) atoms. The first kappa shape index (κ1) is 20.9. The average molecular weight is 373 g/mol. The summed E-state index contributed by atoms with van der Waals surface area (Å²) in [6.07, 6.45) is 1.34. The maximum absolute atomic E-state index is 12.6. The molecule has 3 amide bonds. The lowest BCUT2D eigenvalue weighted by molar-refractivity contribution is -0.137. The van der Waals surface area contributed by atoms with E-state index >= 15 is 0 Å². The molecule has 1 aliphatic heterocycles. The van der Waals surface area contributed by atoms with Crippen molar-refractivity contribution in [3.63, 3.8) is 0 Å². The Balaban J connectivity index is 1.96. The van der Waals surface area contributed by atoms with Gasteiger partial charge in [0.15, 0.2) is 0 Å². The number of benzene rings is 1. The number of anilines is 1. The molecule has 148 valence electrons. The first-order chi connectivity index (χ1) is 12.9. The van der Waals surface area contributed by atoms with Crippen LogP contribution in [0.4, 0.5) is 5.69 Å². The van der Waals surface area contributed by atoms with Gasteiger partial charge in [-0.25, -0.2) is 0 Å². The minimum absolute atomic E-state index is 0.0125. The summed E-state index contributed by atoms with van der Waals surface area (Å²) in [5.74, 6) is -0.0445. The van der Waals surface area contributed by atoms with Gasteiger partial charge in [0.05, 0.1) is 0 Å². The molecule has 1 aromatic rings. The fourth-order valence-electron chi connectivity index (χ4n) is 3.39. The summed E-state index contributed by atoms with van der Waals surface area (Å²) < 4.78 is 0. The Bertz CT molecular complexity index is 675. The fourth-order valence-corrected chi connectivity index (χ4v) is 3.39. The molecule has 0 aromatic heterocycles. The fraction of sp³-hybridized carbons (Fsp3) is 0.571. The molecule has 6 heteroatoms. The number of amides is 3. The summed E-state index contributed by atoms with van der Waals surface area (Å²) in [6.45, 7) is 10.2. The van der Waals surface area contributed by atoms with Crippen LogP contribution in [-0.2, 0) is 9.59 Å². The lowest BCUT2D eigenvalue weighted by atomic mass is 9.95.